The molecule has 122 valence electrons. The van der Waals surface area contributed by atoms with Gasteiger partial charge in [0.2, 0.25) is 0 Å². The Bertz CT molecular complexity index is 867. The van der Waals surface area contributed by atoms with E-state index in [1.54, 1.807) is 4.90 Å². The van der Waals surface area contributed by atoms with Gasteiger partial charge >= 0.3 is 0 Å². The van der Waals surface area contributed by atoms with Gasteiger partial charge in [-0.3, -0.25) is 14.7 Å². The molecule has 1 amide bonds. The lowest BCUT2D eigenvalue weighted by Gasteiger charge is -2.29. The average Bonchev–Trinajstić information content (AvgIpc) is 2.76. The maximum absolute atomic E-state index is 13.0. The van der Waals surface area contributed by atoms with E-state index in [1.807, 2.05) is 76.2 Å². The molecule has 1 aliphatic heterocycles. The van der Waals surface area contributed by atoms with E-state index in [0.29, 0.717) is 16.3 Å². The number of hydrogen-bond donors (Lipinski definition) is 0. The zero-order valence-corrected chi connectivity index (χ0v) is 15.1. The molecule has 0 N–H and O–H groups in total. The number of rotatable bonds is 2. The second-order valence-corrected chi connectivity index (χ2v) is 7.03. The minimum Gasteiger partial charge on any atom is -0.272 e. The molecule has 3 nitrogen and oxygen atoms in total. The number of carbonyl (C=O) groups excluding carboxylic acids is 1. The Balaban J connectivity index is 2.00. The number of aliphatic imine (C=N–C) groups is 1. The molecule has 4 heteroatoms. The molecule has 0 spiro atoms. The molecule has 0 radical (unpaired) electrons. The minimum absolute atomic E-state index is 0.111. The molecule has 24 heavy (non-hydrogen) atoms. The van der Waals surface area contributed by atoms with Gasteiger partial charge in [0.25, 0.3) is 5.91 Å². The highest BCUT2D eigenvalue weighted by Gasteiger charge is 2.42. The molecule has 0 aromatic heterocycles. The predicted octanol–water partition coefficient (Wildman–Crippen LogP) is 4.31. The van der Waals surface area contributed by atoms with E-state index in [-0.39, 0.29) is 5.91 Å². The van der Waals surface area contributed by atoms with Crippen LogP contribution in [0.25, 0.3) is 0 Å². The Kier molecular flexibility index (Phi) is 4.10. The minimum atomic E-state index is -0.697. The van der Waals surface area contributed by atoms with Gasteiger partial charge in [0.05, 0.1) is 0 Å². The molecule has 0 fully saturated rings. The van der Waals surface area contributed by atoms with Crippen molar-refractivity contribution in [3.8, 4) is 0 Å². The van der Waals surface area contributed by atoms with Crippen molar-refractivity contribution in [3.63, 3.8) is 0 Å². The van der Waals surface area contributed by atoms with Crippen molar-refractivity contribution >= 4 is 28.8 Å². The fourth-order valence-electron chi connectivity index (χ4n) is 2.95. The Morgan fingerprint density at radius 3 is 2.29 bits per heavy atom. The summed E-state index contributed by atoms with van der Waals surface area (Å²) in [6.07, 6.45) is 0. The number of nitrogens with zero attached hydrogens (tertiary/aromatic N) is 2. The Labute approximate surface area is 148 Å². The lowest BCUT2D eigenvalue weighted by atomic mass is 10.1. The van der Waals surface area contributed by atoms with Crippen LogP contribution in [0.5, 0.6) is 0 Å². The van der Waals surface area contributed by atoms with Crippen molar-refractivity contribution in [1.29, 1.82) is 0 Å². The van der Waals surface area contributed by atoms with E-state index < -0.39 is 5.66 Å². The van der Waals surface area contributed by atoms with Crippen LogP contribution in [0.3, 0.4) is 0 Å². The number of benzene rings is 2. The van der Waals surface area contributed by atoms with Crippen LogP contribution in [0, 0.1) is 13.8 Å². The number of aryl methyl sites for hydroxylation is 2. The van der Waals surface area contributed by atoms with Crippen LogP contribution in [0.2, 0.25) is 0 Å². The first-order valence-corrected chi connectivity index (χ1v) is 8.33. The summed E-state index contributed by atoms with van der Waals surface area (Å²) in [5, 5.41) is 0. The highest BCUT2D eigenvalue weighted by molar-refractivity contribution is 7.82. The van der Waals surface area contributed by atoms with Gasteiger partial charge in [0.1, 0.15) is 16.4 Å². The van der Waals surface area contributed by atoms with Gasteiger partial charge in [-0.15, -0.1) is 0 Å². The van der Waals surface area contributed by atoms with Crippen molar-refractivity contribution in [2.75, 3.05) is 0 Å². The van der Waals surface area contributed by atoms with Crippen LogP contribution in [0.1, 0.15) is 40.9 Å². The molecule has 3 rings (SSSR count). The van der Waals surface area contributed by atoms with Crippen LogP contribution in [0.15, 0.2) is 53.5 Å². The molecule has 0 saturated heterocycles. The van der Waals surface area contributed by atoms with E-state index in [9.17, 15) is 4.79 Å². The van der Waals surface area contributed by atoms with Crippen LogP contribution in [-0.2, 0) is 0 Å². The second-order valence-electron chi connectivity index (χ2n) is 6.64. The summed E-state index contributed by atoms with van der Waals surface area (Å²) in [4.78, 5) is 19.9. The van der Waals surface area contributed by atoms with Gasteiger partial charge < -0.3 is 0 Å². The van der Waals surface area contributed by atoms with Crippen molar-refractivity contribution in [1.82, 2.24) is 4.90 Å². The molecule has 2 aromatic rings. The lowest BCUT2D eigenvalue weighted by molar-refractivity contribution is 0.0758. The van der Waals surface area contributed by atoms with Crippen molar-refractivity contribution in [3.05, 3.63) is 70.8 Å². The van der Waals surface area contributed by atoms with Crippen molar-refractivity contribution < 1.29 is 4.79 Å². The molecular formula is C20H20N2OS. The Morgan fingerprint density at radius 1 is 1.04 bits per heavy atom. The molecule has 1 heterocycles. The summed E-state index contributed by atoms with van der Waals surface area (Å²) in [6, 6.07) is 15.6. The summed E-state index contributed by atoms with van der Waals surface area (Å²) >= 11 is 5.62. The summed E-state index contributed by atoms with van der Waals surface area (Å²) in [7, 11) is 0. The van der Waals surface area contributed by atoms with E-state index in [4.69, 9.17) is 17.2 Å². The largest absolute Gasteiger partial charge is 0.272 e. The van der Waals surface area contributed by atoms with Gasteiger partial charge in [-0.05, 0) is 45.9 Å². The molecular weight excluding hydrogens is 316 g/mol. The first-order valence-electron chi connectivity index (χ1n) is 7.92. The molecule has 0 saturated carbocycles. The van der Waals surface area contributed by atoms with E-state index in [0.717, 1.165) is 16.7 Å². The zero-order valence-electron chi connectivity index (χ0n) is 14.3. The van der Waals surface area contributed by atoms with Crippen molar-refractivity contribution in [2.24, 2.45) is 4.99 Å². The first-order chi connectivity index (χ1) is 11.3. The smallest absolute Gasteiger partial charge is 0.260 e. The van der Waals surface area contributed by atoms with Gasteiger partial charge in [-0.2, -0.15) is 0 Å². The SMILES string of the molecule is Cc1cccc(C(=O)N2C(=S)C(c3cccc(C)c3)=NC2(C)C)c1. The van der Waals surface area contributed by atoms with Crippen LogP contribution < -0.4 is 0 Å². The molecule has 1 aliphatic rings. The Morgan fingerprint density at radius 2 is 1.67 bits per heavy atom. The monoisotopic (exact) mass is 336 g/mol. The summed E-state index contributed by atoms with van der Waals surface area (Å²) in [5.41, 5.74) is 3.78. The fourth-order valence-corrected chi connectivity index (χ4v) is 3.42. The van der Waals surface area contributed by atoms with E-state index in [1.165, 1.54) is 0 Å². The van der Waals surface area contributed by atoms with E-state index in [2.05, 4.69) is 0 Å². The molecule has 0 aliphatic carbocycles. The van der Waals surface area contributed by atoms with Crippen LogP contribution in [-0.4, -0.2) is 27.2 Å². The van der Waals surface area contributed by atoms with Gasteiger partial charge in [-0.1, -0.05) is 53.7 Å². The standard InChI is InChI=1S/C20H20N2OS/c1-13-7-5-9-15(11-13)17-19(24)22(20(3,4)21-17)18(23)16-10-6-8-14(2)12-16/h5-12H,1-4H3. The first kappa shape index (κ1) is 16.5. The zero-order chi connectivity index (χ0) is 17.5. The number of amides is 1. The summed E-state index contributed by atoms with van der Waals surface area (Å²) in [6.45, 7) is 7.83. The third-order valence-corrected chi connectivity index (χ3v) is 4.47. The molecule has 0 unspecified atom stereocenters. The predicted molar refractivity (Wildman–Crippen MR) is 102 cm³/mol. The normalized spacial score (nSPS) is 16.2. The summed E-state index contributed by atoms with van der Waals surface area (Å²) in [5.74, 6) is -0.111. The highest BCUT2D eigenvalue weighted by Crippen LogP contribution is 2.29. The third-order valence-electron chi connectivity index (χ3n) is 4.10. The maximum Gasteiger partial charge on any atom is 0.260 e. The number of carbonyl (C=O) groups is 1. The molecule has 0 atom stereocenters. The Hall–Kier alpha value is -2.33. The van der Waals surface area contributed by atoms with E-state index >= 15 is 0 Å². The quantitative estimate of drug-likeness (QED) is 0.766. The summed E-state index contributed by atoms with van der Waals surface area (Å²) < 4.78 is 0. The van der Waals surface area contributed by atoms with Gasteiger partial charge in [0.15, 0.2) is 0 Å². The highest BCUT2D eigenvalue weighted by atomic mass is 32.1. The van der Waals surface area contributed by atoms with Crippen molar-refractivity contribution in [2.45, 2.75) is 33.4 Å². The average molecular weight is 336 g/mol. The fraction of sp³-hybridized carbons (Fsp3) is 0.250. The second kappa shape index (κ2) is 5.95. The van der Waals surface area contributed by atoms with Crippen LogP contribution in [0.4, 0.5) is 0 Å². The van der Waals surface area contributed by atoms with Gasteiger partial charge in [0, 0.05) is 11.1 Å². The topological polar surface area (TPSA) is 32.7 Å². The third kappa shape index (κ3) is 2.89. The molecule has 2 aromatic carbocycles. The molecule has 0 bridgehead atoms. The lowest BCUT2D eigenvalue weighted by Crippen LogP contribution is -2.46. The van der Waals surface area contributed by atoms with Gasteiger partial charge in [-0.25, -0.2) is 0 Å². The number of thiocarbonyl (C=S) groups is 1. The maximum atomic E-state index is 13.0. The number of hydrogen-bond acceptors (Lipinski definition) is 3. The van der Waals surface area contributed by atoms with Crippen LogP contribution >= 0.6 is 12.2 Å².